The van der Waals surface area contributed by atoms with Crippen molar-refractivity contribution in [2.75, 3.05) is 11.9 Å². The summed E-state index contributed by atoms with van der Waals surface area (Å²) in [5.74, 6) is 0. The number of hydrogen-bond acceptors (Lipinski definition) is 6. The van der Waals surface area contributed by atoms with E-state index in [1.54, 1.807) is 6.20 Å². The summed E-state index contributed by atoms with van der Waals surface area (Å²) in [4.78, 5) is 38.1. The van der Waals surface area contributed by atoms with E-state index in [9.17, 15) is 9.59 Å². The van der Waals surface area contributed by atoms with Gasteiger partial charge in [0.2, 0.25) is 0 Å². The van der Waals surface area contributed by atoms with Crippen LogP contribution in [0.1, 0.15) is 30.1 Å². The van der Waals surface area contributed by atoms with Gasteiger partial charge in [0.15, 0.2) is 11.9 Å². The minimum atomic E-state index is -0.546. The van der Waals surface area contributed by atoms with Gasteiger partial charge in [-0.1, -0.05) is 31.5 Å². The minimum Gasteiger partial charge on any atom is -0.409 e. The Labute approximate surface area is 144 Å². The molecule has 3 aromatic rings. The summed E-state index contributed by atoms with van der Waals surface area (Å²) in [5, 5.41) is 3.65. The zero-order valence-electron chi connectivity index (χ0n) is 13.8. The van der Waals surface area contributed by atoms with Gasteiger partial charge in [-0.3, -0.25) is 9.59 Å². The molecule has 7 nitrogen and oxygen atoms in total. The lowest BCUT2D eigenvalue weighted by molar-refractivity contribution is 0.104. The highest BCUT2D eigenvalue weighted by Crippen LogP contribution is 2.25. The summed E-state index contributed by atoms with van der Waals surface area (Å²) < 4.78 is 1.08. The average Bonchev–Trinajstić information content (AvgIpc) is 2.65. The number of aldehydes is 1. The first-order chi connectivity index (χ1) is 12.3. The molecule has 0 atom stereocenters. The molecule has 1 N–H and O–H groups in total. The molecule has 1 aromatic carbocycles. The van der Waals surface area contributed by atoms with E-state index < -0.39 is 5.56 Å². The monoisotopic (exact) mass is 338 g/mol. The molecule has 0 aliphatic rings. The first-order valence-corrected chi connectivity index (χ1v) is 8.05. The van der Waals surface area contributed by atoms with Crippen LogP contribution in [-0.2, 0) is 0 Å². The molecule has 0 aliphatic carbocycles. The fourth-order valence-corrected chi connectivity index (χ4v) is 2.45. The van der Waals surface area contributed by atoms with Crippen LogP contribution in [0.25, 0.3) is 11.0 Å². The van der Waals surface area contributed by atoms with Gasteiger partial charge in [-0.2, -0.15) is 0 Å². The standard InChI is InChI=1S/C18H18N4O3/c1-2-3-9-25-22-17-14(10-19-12-20-17)16(15(11-23)18(22)24)21-13-7-5-4-6-8-13/h4-8,10-12,21H,2-3,9H2,1H3. The highest BCUT2D eigenvalue weighted by molar-refractivity contribution is 6.00. The molecule has 128 valence electrons. The van der Waals surface area contributed by atoms with Crippen LogP contribution in [0.4, 0.5) is 11.4 Å². The van der Waals surface area contributed by atoms with E-state index in [-0.39, 0.29) is 5.56 Å². The lowest BCUT2D eigenvalue weighted by Crippen LogP contribution is -2.31. The maximum atomic E-state index is 12.7. The summed E-state index contributed by atoms with van der Waals surface area (Å²) >= 11 is 0. The van der Waals surface area contributed by atoms with Gasteiger partial charge in [-0.05, 0) is 18.6 Å². The van der Waals surface area contributed by atoms with Crippen molar-refractivity contribution in [3.05, 3.63) is 58.8 Å². The summed E-state index contributed by atoms with van der Waals surface area (Å²) in [6.45, 7) is 2.38. The number of aromatic nitrogens is 3. The number of nitrogens with one attached hydrogen (secondary N) is 1. The van der Waals surface area contributed by atoms with Crippen LogP contribution in [0, 0.1) is 0 Å². The maximum Gasteiger partial charge on any atom is 0.297 e. The SMILES string of the molecule is CCCCOn1c(=O)c(C=O)c(Nc2ccccc2)c2cncnc21. The minimum absolute atomic E-state index is 0.0253. The Bertz CT molecular complexity index is 938. The van der Waals surface area contributed by atoms with E-state index in [0.717, 1.165) is 23.3 Å². The van der Waals surface area contributed by atoms with Crippen molar-refractivity contribution in [3.8, 4) is 0 Å². The molecular formula is C18H18N4O3. The van der Waals surface area contributed by atoms with Crippen LogP contribution in [0.5, 0.6) is 0 Å². The summed E-state index contributed by atoms with van der Waals surface area (Å²) in [7, 11) is 0. The third kappa shape index (κ3) is 3.35. The Morgan fingerprint density at radius 2 is 2.08 bits per heavy atom. The normalized spacial score (nSPS) is 10.6. The lowest BCUT2D eigenvalue weighted by atomic mass is 10.1. The second kappa shape index (κ2) is 7.57. The predicted octanol–water partition coefficient (Wildman–Crippen LogP) is 2.58. The van der Waals surface area contributed by atoms with Gasteiger partial charge in [0.25, 0.3) is 5.56 Å². The van der Waals surface area contributed by atoms with E-state index >= 15 is 0 Å². The highest BCUT2D eigenvalue weighted by atomic mass is 16.7. The van der Waals surface area contributed by atoms with Crippen LogP contribution in [-0.4, -0.2) is 27.6 Å². The summed E-state index contributed by atoms with van der Waals surface area (Å²) in [5.41, 5.74) is 0.871. The molecule has 7 heteroatoms. The van der Waals surface area contributed by atoms with Crippen LogP contribution >= 0.6 is 0 Å². The van der Waals surface area contributed by atoms with Crippen LogP contribution in [0.2, 0.25) is 0 Å². The molecule has 25 heavy (non-hydrogen) atoms. The topological polar surface area (TPSA) is 86.1 Å². The molecular weight excluding hydrogens is 320 g/mol. The Morgan fingerprint density at radius 3 is 2.80 bits per heavy atom. The zero-order valence-corrected chi connectivity index (χ0v) is 13.8. The molecule has 0 aliphatic heterocycles. The molecule has 0 saturated heterocycles. The molecule has 0 radical (unpaired) electrons. The van der Waals surface area contributed by atoms with Gasteiger partial charge >= 0.3 is 0 Å². The Kier molecular flexibility index (Phi) is 5.03. The first kappa shape index (κ1) is 16.6. The number of carbonyl (C=O) groups is 1. The molecule has 0 amide bonds. The van der Waals surface area contributed by atoms with Gasteiger partial charge in [-0.25, -0.2) is 9.97 Å². The molecule has 0 unspecified atom stereocenters. The average molecular weight is 338 g/mol. The Morgan fingerprint density at radius 1 is 1.28 bits per heavy atom. The van der Waals surface area contributed by atoms with Gasteiger partial charge in [-0.15, -0.1) is 4.73 Å². The number of para-hydroxylation sites is 1. The van der Waals surface area contributed by atoms with Crippen molar-refractivity contribution in [1.29, 1.82) is 0 Å². The van der Waals surface area contributed by atoms with Crippen molar-refractivity contribution in [2.24, 2.45) is 0 Å². The molecule has 0 fully saturated rings. The number of unbranched alkanes of at least 4 members (excludes halogenated alkanes) is 1. The van der Waals surface area contributed by atoms with E-state index in [1.165, 1.54) is 6.33 Å². The van der Waals surface area contributed by atoms with Gasteiger partial charge in [0.05, 0.1) is 11.1 Å². The van der Waals surface area contributed by atoms with Crippen LogP contribution in [0.15, 0.2) is 47.7 Å². The molecule has 3 rings (SSSR count). The highest BCUT2D eigenvalue weighted by Gasteiger charge is 2.18. The number of rotatable bonds is 7. The van der Waals surface area contributed by atoms with Crippen molar-refractivity contribution < 1.29 is 9.63 Å². The van der Waals surface area contributed by atoms with Gasteiger partial charge < -0.3 is 10.2 Å². The number of nitrogens with zero attached hydrogens (tertiary/aromatic N) is 3. The molecule has 0 spiro atoms. The summed E-state index contributed by atoms with van der Waals surface area (Å²) in [6.07, 6.45) is 5.14. The third-order valence-corrected chi connectivity index (χ3v) is 3.72. The Balaban J connectivity index is 2.18. The first-order valence-electron chi connectivity index (χ1n) is 8.05. The fraction of sp³-hybridized carbons (Fsp3) is 0.222. The number of pyridine rings is 1. The quantitative estimate of drug-likeness (QED) is 0.526. The van der Waals surface area contributed by atoms with Crippen molar-refractivity contribution >= 4 is 28.7 Å². The third-order valence-electron chi connectivity index (χ3n) is 3.72. The molecule has 0 bridgehead atoms. The van der Waals surface area contributed by atoms with Crippen LogP contribution < -0.4 is 15.7 Å². The Hall–Kier alpha value is -3.22. The largest absolute Gasteiger partial charge is 0.409 e. The second-order valence-electron chi connectivity index (χ2n) is 5.44. The number of anilines is 2. The van der Waals surface area contributed by atoms with Crippen molar-refractivity contribution in [2.45, 2.75) is 19.8 Å². The fourth-order valence-electron chi connectivity index (χ4n) is 2.45. The number of carbonyl (C=O) groups excluding carboxylic acids is 1. The van der Waals surface area contributed by atoms with Crippen molar-refractivity contribution in [3.63, 3.8) is 0 Å². The van der Waals surface area contributed by atoms with E-state index in [1.807, 2.05) is 37.3 Å². The maximum absolute atomic E-state index is 12.7. The molecule has 0 saturated carbocycles. The lowest BCUT2D eigenvalue weighted by Gasteiger charge is -2.16. The second-order valence-corrected chi connectivity index (χ2v) is 5.44. The van der Waals surface area contributed by atoms with E-state index in [0.29, 0.717) is 29.6 Å². The van der Waals surface area contributed by atoms with Gasteiger partial charge in [0, 0.05) is 11.9 Å². The van der Waals surface area contributed by atoms with Gasteiger partial charge in [0.1, 0.15) is 18.5 Å². The number of benzene rings is 1. The van der Waals surface area contributed by atoms with E-state index in [4.69, 9.17) is 4.84 Å². The number of fused-ring (bicyclic) bond motifs is 1. The number of hydrogen-bond donors (Lipinski definition) is 1. The molecule has 2 aromatic heterocycles. The van der Waals surface area contributed by atoms with Crippen LogP contribution in [0.3, 0.4) is 0 Å². The van der Waals surface area contributed by atoms with E-state index in [2.05, 4.69) is 15.3 Å². The predicted molar refractivity (Wildman–Crippen MR) is 95.3 cm³/mol. The zero-order chi connectivity index (χ0) is 17.6. The van der Waals surface area contributed by atoms with Crippen molar-refractivity contribution in [1.82, 2.24) is 14.7 Å². The molecule has 2 heterocycles. The summed E-state index contributed by atoms with van der Waals surface area (Å²) in [6, 6.07) is 9.28. The smallest absolute Gasteiger partial charge is 0.297 e.